The molecule has 0 saturated carbocycles. The fourth-order valence-corrected chi connectivity index (χ4v) is 8.80. The van der Waals surface area contributed by atoms with Gasteiger partial charge in [0.15, 0.2) is 0 Å². The zero-order chi connectivity index (χ0) is 54.7. The number of benzene rings is 4. The quantitative estimate of drug-likeness (QED) is 0.0874. The highest BCUT2D eigenvalue weighted by molar-refractivity contribution is 7.86. The van der Waals surface area contributed by atoms with E-state index in [1.54, 1.807) is 48.5 Å². The van der Waals surface area contributed by atoms with E-state index >= 15 is 0 Å². The normalized spacial score (nSPS) is 12.9. The molecule has 0 spiro atoms. The molecule has 3 aromatic heterocycles. The van der Waals surface area contributed by atoms with Crippen molar-refractivity contribution in [2.45, 2.75) is 47.3 Å². The minimum Gasteiger partial charge on any atom is -0.377 e. The second-order valence-electron chi connectivity index (χ2n) is 17.2. The number of allylic oxidation sites excluding steroid dienone is 2. The Morgan fingerprint density at radius 1 is 0.413 bits per heavy atom. The third kappa shape index (κ3) is 17.5. The average Bonchev–Trinajstić information content (AvgIpc) is 4.16. The molecule has 0 amide bonds. The number of aromatic nitrogens is 4. The van der Waals surface area contributed by atoms with E-state index in [4.69, 9.17) is 28.2 Å². The van der Waals surface area contributed by atoms with Gasteiger partial charge in [0.1, 0.15) is 0 Å². The SMILES string of the molecule is CN1C=CC(c2cc3cc4nc(cc5ccc(cc6nc(cc2[nH]3)C=C6)[nH]5)C=C4)=CC1.Cc1ccc(S(=O)(=O)O)cc1.Cc1ccc(S(=O)(=O)O)cc1.Cc1ccc(S(=O)(=O)O)cc1.Cc1ccc(S(=O)(=O)O)cc1. The molecule has 0 unspecified atom stereocenters. The van der Waals surface area contributed by atoms with E-state index in [0.717, 1.165) is 73.6 Å². The van der Waals surface area contributed by atoms with Gasteiger partial charge in [-0.1, -0.05) is 76.9 Å². The number of hydrogen-bond acceptors (Lipinski definition) is 11. The summed E-state index contributed by atoms with van der Waals surface area (Å²) in [4.78, 5) is 18.4. The van der Waals surface area contributed by atoms with Crippen molar-refractivity contribution in [3.63, 3.8) is 0 Å². The van der Waals surface area contributed by atoms with Crippen molar-refractivity contribution in [3.05, 3.63) is 208 Å². The number of rotatable bonds is 5. The van der Waals surface area contributed by atoms with Crippen molar-refractivity contribution in [2.75, 3.05) is 13.6 Å². The van der Waals surface area contributed by atoms with Crippen LogP contribution in [-0.4, -0.2) is 90.3 Å². The van der Waals surface area contributed by atoms with Crippen molar-refractivity contribution in [3.8, 4) is 0 Å². The van der Waals surface area contributed by atoms with E-state index in [2.05, 4.69) is 88.8 Å². The van der Waals surface area contributed by atoms with Crippen molar-refractivity contribution in [1.82, 2.24) is 24.8 Å². The van der Waals surface area contributed by atoms with Gasteiger partial charge in [0, 0.05) is 41.2 Å². The van der Waals surface area contributed by atoms with Crippen LogP contribution in [0.2, 0.25) is 0 Å². The number of likely N-dealkylation sites (N-methyl/N-ethyl adjacent to an activating group) is 1. The molecule has 21 heteroatoms. The smallest absolute Gasteiger partial charge is 0.294 e. The highest BCUT2D eigenvalue weighted by atomic mass is 32.2. The van der Waals surface area contributed by atoms with Gasteiger partial charge in [-0.2, -0.15) is 33.7 Å². The van der Waals surface area contributed by atoms with Crippen molar-refractivity contribution in [1.29, 1.82) is 0 Å². The van der Waals surface area contributed by atoms with Gasteiger partial charge in [-0.25, -0.2) is 9.97 Å². The van der Waals surface area contributed by atoms with Gasteiger partial charge in [-0.05, 0) is 161 Å². The summed E-state index contributed by atoms with van der Waals surface area (Å²) in [6, 6.07) is 38.6. The maximum atomic E-state index is 10.5. The van der Waals surface area contributed by atoms with Crippen LogP contribution >= 0.6 is 0 Å². The minimum atomic E-state index is -4.02. The molecule has 390 valence electrons. The van der Waals surface area contributed by atoms with Crippen molar-refractivity contribution in [2.24, 2.45) is 0 Å². The zero-order valence-corrected chi connectivity index (χ0v) is 44.3. The van der Waals surface area contributed by atoms with Crippen LogP contribution < -0.4 is 0 Å². The predicted molar refractivity (Wildman–Crippen MR) is 293 cm³/mol. The minimum absolute atomic E-state index is 0.0666. The molecule has 6 heterocycles. The Kier molecular flexibility index (Phi) is 18.3. The summed E-state index contributed by atoms with van der Waals surface area (Å²) >= 11 is 0. The van der Waals surface area contributed by atoms with Gasteiger partial charge in [-0.3, -0.25) is 18.2 Å². The molecule has 75 heavy (non-hydrogen) atoms. The summed E-state index contributed by atoms with van der Waals surface area (Å²) in [5.74, 6) is 0. The number of nitrogens with zero attached hydrogens (tertiary/aromatic N) is 3. The number of aryl methyl sites for hydroxylation is 4. The monoisotopic (exact) mass is 1090 g/mol. The molecule has 0 fully saturated rings. The summed E-state index contributed by atoms with van der Waals surface area (Å²) in [6.07, 6.45) is 14.7. The first-order chi connectivity index (χ1) is 35.2. The van der Waals surface area contributed by atoms with Crippen molar-refractivity contribution >= 4 is 92.4 Å². The molecule has 0 atom stereocenters. The summed E-state index contributed by atoms with van der Waals surface area (Å²) in [7, 11) is -14.0. The van der Waals surface area contributed by atoms with Crippen LogP contribution in [0.25, 0.3) is 51.9 Å². The Morgan fingerprint density at radius 2 is 0.733 bits per heavy atom. The van der Waals surface area contributed by atoms with Gasteiger partial charge in [-0.15, -0.1) is 0 Å². The maximum Gasteiger partial charge on any atom is 0.294 e. The lowest BCUT2D eigenvalue weighted by atomic mass is 10.0. The maximum absolute atomic E-state index is 10.5. The van der Waals surface area contributed by atoms with Crippen LogP contribution in [0.5, 0.6) is 0 Å². The summed E-state index contributed by atoms with van der Waals surface area (Å²) in [6.45, 7) is 8.26. The predicted octanol–water partition coefficient (Wildman–Crippen LogP) is 10.5. The van der Waals surface area contributed by atoms with Gasteiger partial charge in [0.05, 0.1) is 42.4 Å². The molecule has 0 radical (unpaired) electrons. The van der Waals surface area contributed by atoms with Gasteiger partial charge >= 0.3 is 0 Å². The van der Waals surface area contributed by atoms with E-state index in [0.29, 0.717) is 0 Å². The topological polar surface area (TPSA) is 278 Å². The Labute approximate surface area is 436 Å². The third-order valence-electron chi connectivity index (χ3n) is 10.9. The fourth-order valence-electron chi connectivity index (χ4n) is 6.88. The summed E-state index contributed by atoms with van der Waals surface area (Å²) < 4.78 is 118. The molecule has 10 rings (SSSR count). The van der Waals surface area contributed by atoms with E-state index in [1.807, 2.05) is 45.9 Å². The molecular formula is C54H53N5O12S4. The van der Waals surface area contributed by atoms with E-state index in [1.165, 1.54) is 59.7 Å². The van der Waals surface area contributed by atoms with Crippen LogP contribution in [0.1, 0.15) is 50.6 Å². The summed E-state index contributed by atoms with van der Waals surface area (Å²) in [5.41, 5.74) is 14.0. The first-order valence-electron chi connectivity index (χ1n) is 22.5. The second kappa shape index (κ2) is 24.2. The molecule has 17 nitrogen and oxygen atoms in total. The van der Waals surface area contributed by atoms with E-state index in [9.17, 15) is 33.7 Å². The lowest BCUT2D eigenvalue weighted by Crippen LogP contribution is -2.13. The Hall–Kier alpha value is -7.60. The number of fused-ring (bicyclic) bond motifs is 8. The third-order valence-corrected chi connectivity index (χ3v) is 14.3. The molecule has 3 aliphatic heterocycles. The fraction of sp³-hybridized carbons (Fsp3) is 0.111. The number of aromatic amines is 2. The molecular weight excluding hydrogens is 1040 g/mol. The van der Waals surface area contributed by atoms with Crippen LogP contribution in [-0.2, 0) is 40.5 Å². The summed E-state index contributed by atoms with van der Waals surface area (Å²) in [5, 5.41) is 0. The lowest BCUT2D eigenvalue weighted by Gasteiger charge is -2.16. The lowest BCUT2D eigenvalue weighted by molar-refractivity contribution is 0.481. The standard InChI is InChI=1S/C26H21N5.4C7H8O3S/c1-31-10-8-17(9-11-31)25-15-24-14-22-5-4-20(28-22)12-18-2-3-19(27-18)13-21-6-7-23(29-21)16-26(25)30-24;4*1-6-2-4-7(5-3-6)11(8,9)10/h2-10,12-16,27,30H,11H2,1H3;4*2-5H,1H3,(H,8,9,10). The Balaban J connectivity index is 0.000000172. The average molecular weight is 1090 g/mol. The van der Waals surface area contributed by atoms with E-state index in [-0.39, 0.29) is 19.6 Å². The first-order valence-corrected chi connectivity index (χ1v) is 28.3. The molecule has 8 bridgehead atoms. The van der Waals surface area contributed by atoms with Crippen molar-refractivity contribution < 1.29 is 51.9 Å². The number of H-pyrrole nitrogens is 2. The van der Waals surface area contributed by atoms with Crippen LogP contribution in [0.3, 0.4) is 0 Å². The van der Waals surface area contributed by atoms with Crippen LogP contribution in [0.4, 0.5) is 0 Å². The molecule has 3 aliphatic rings. The highest BCUT2D eigenvalue weighted by Gasteiger charge is 2.12. The molecule has 0 aliphatic carbocycles. The molecule has 4 aromatic carbocycles. The molecule has 7 aromatic rings. The zero-order valence-electron chi connectivity index (χ0n) is 41.1. The van der Waals surface area contributed by atoms with Gasteiger partial charge < -0.3 is 14.9 Å². The first kappa shape index (κ1) is 56.7. The molecule has 0 saturated heterocycles. The molecule has 6 N–H and O–H groups in total. The highest BCUT2D eigenvalue weighted by Crippen LogP contribution is 2.27. The Morgan fingerprint density at radius 3 is 1.04 bits per heavy atom. The number of hydrogen-bond donors (Lipinski definition) is 6. The largest absolute Gasteiger partial charge is 0.377 e. The van der Waals surface area contributed by atoms with Gasteiger partial charge in [0.2, 0.25) is 0 Å². The van der Waals surface area contributed by atoms with E-state index < -0.39 is 40.5 Å². The van der Waals surface area contributed by atoms with Crippen LogP contribution in [0.15, 0.2) is 177 Å². The number of nitrogens with one attached hydrogen (secondary N) is 2. The second-order valence-corrected chi connectivity index (χ2v) is 22.8. The van der Waals surface area contributed by atoms with Crippen LogP contribution in [0, 0.1) is 27.7 Å². The Bertz CT molecular complexity index is 3650. The van der Waals surface area contributed by atoms with Gasteiger partial charge in [0.25, 0.3) is 40.5 Å².